The number of rotatable bonds is 9. The molecule has 0 unspecified atom stereocenters. The van der Waals surface area contributed by atoms with Crippen LogP contribution in [0.3, 0.4) is 0 Å². The minimum Gasteiger partial charge on any atom is -0.497 e. The predicted molar refractivity (Wildman–Crippen MR) is 112 cm³/mol. The van der Waals surface area contributed by atoms with E-state index in [-0.39, 0.29) is 31.2 Å². The van der Waals surface area contributed by atoms with E-state index in [4.69, 9.17) is 14.2 Å². The van der Waals surface area contributed by atoms with Gasteiger partial charge in [0.2, 0.25) is 0 Å². The molecule has 30 heavy (non-hydrogen) atoms. The molecule has 8 heteroatoms. The van der Waals surface area contributed by atoms with Gasteiger partial charge in [0.15, 0.2) is 6.61 Å². The Hall–Kier alpha value is -3.81. The highest BCUT2D eigenvalue weighted by atomic mass is 16.5. The van der Waals surface area contributed by atoms with Gasteiger partial charge < -0.3 is 19.5 Å². The maximum atomic E-state index is 12.1. The second kappa shape index (κ2) is 10.1. The lowest BCUT2D eigenvalue weighted by Gasteiger charge is -2.10. The Morgan fingerprint density at radius 1 is 0.900 bits per heavy atom. The molecule has 0 radical (unpaired) electrons. The van der Waals surface area contributed by atoms with Crippen molar-refractivity contribution in [3.05, 3.63) is 71.0 Å². The zero-order valence-electron chi connectivity index (χ0n) is 16.8. The molecule has 3 rings (SSSR count). The lowest BCUT2D eigenvalue weighted by molar-refractivity contribution is -0.123. The molecule has 0 aliphatic rings. The number of amides is 1. The van der Waals surface area contributed by atoms with Crippen LogP contribution < -0.4 is 25.1 Å². The van der Waals surface area contributed by atoms with E-state index < -0.39 is 0 Å². The van der Waals surface area contributed by atoms with Crippen molar-refractivity contribution in [1.29, 1.82) is 0 Å². The number of ether oxygens (including phenoxy) is 3. The van der Waals surface area contributed by atoms with Crippen molar-refractivity contribution < 1.29 is 19.0 Å². The topological polar surface area (TPSA) is 91.7 Å². The van der Waals surface area contributed by atoms with Crippen molar-refractivity contribution in [2.75, 3.05) is 27.4 Å². The van der Waals surface area contributed by atoms with E-state index in [0.29, 0.717) is 17.2 Å². The number of hydrogen-bond donors (Lipinski definition) is 1. The second-order valence-corrected chi connectivity index (χ2v) is 6.32. The number of hydrogen-bond acceptors (Lipinski definition) is 6. The third-order valence-electron chi connectivity index (χ3n) is 4.33. The molecule has 0 spiro atoms. The summed E-state index contributed by atoms with van der Waals surface area (Å²) in [6.45, 7) is 0.376. The van der Waals surface area contributed by atoms with Crippen LogP contribution in [0.1, 0.15) is 0 Å². The highest BCUT2D eigenvalue weighted by Gasteiger charge is 2.06. The van der Waals surface area contributed by atoms with Crippen LogP contribution in [0, 0.1) is 0 Å². The van der Waals surface area contributed by atoms with Gasteiger partial charge in [0.1, 0.15) is 17.2 Å². The lowest BCUT2D eigenvalue weighted by atomic mass is 10.1. The Morgan fingerprint density at radius 3 is 2.13 bits per heavy atom. The third-order valence-corrected chi connectivity index (χ3v) is 4.33. The molecule has 156 valence electrons. The molecule has 0 saturated heterocycles. The fraction of sp³-hybridized carbons (Fsp3) is 0.227. The molecule has 0 atom stereocenters. The Balaban J connectivity index is 1.52. The largest absolute Gasteiger partial charge is 0.497 e. The minimum atomic E-state index is -0.287. The fourth-order valence-corrected chi connectivity index (χ4v) is 2.70. The van der Waals surface area contributed by atoms with Gasteiger partial charge in [0, 0.05) is 18.2 Å². The first-order valence-electron chi connectivity index (χ1n) is 9.35. The summed E-state index contributed by atoms with van der Waals surface area (Å²) < 4.78 is 17.0. The van der Waals surface area contributed by atoms with E-state index >= 15 is 0 Å². The monoisotopic (exact) mass is 409 g/mol. The molecule has 3 aromatic rings. The lowest BCUT2D eigenvalue weighted by Crippen LogP contribution is -2.34. The Kier molecular flexibility index (Phi) is 7.05. The number of nitrogens with one attached hydrogen (secondary N) is 1. The van der Waals surface area contributed by atoms with Crippen LogP contribution >= 0.6 is 0 Å². The zero-order chi connectivity index (χ0) is 21.3. The molecule has 0 aliphatic heterocycles. The first kappa shape index (κ1) is 20.9. The number of carbonyl (C=O) groups is 1. The molecule has 1 heterocycles. The molecule has 0 saturated carbocycles. The number of nitrogens with zero attached hydrogens (tertiary/aromatic N) is 2. The van der Waals surface area contributed by atoms with Gasteiger partial charge in [-0.3, -0.25) is 9.59 Å². The van der Waals surface area contributed by atoms with Crippen LogP contribution in [0.4, 0.5) is 0 Å². The van der Waals surface area contributed by atoms with Gasteiger partial charge >= 0.3 is 0 Å². The Labute approximate surface area is 174 Å². The Morgan fingerprint density at radius 2 is 1.50 bits per heavy atom. The van der Waals surface area contributed by atoms with Crippen LogP contribution in [0.5, 0.6) is 17.2 Å². The zero-order valence-corrected chi connectivity index (χ0v) is 16.8. The molecule has 2 aromatic carbocycles. The van der Waals surface area contributed by atoms with Gasteiger partial charge in [-0.2, -0.15) is 5.10 Å². The van der Waals surface area contributed by atoms with Gasteiger partial charge in [0.25, 0.3) is 11.5 Å². The van der Waals surface area contributed by atoms with Gasteiger partial charge in [-0.25, -0.2) is 4.68 Å². The van der Waals surface area contributed by atoms with E-state index in [1.54, 1.807) is 44.6 Å². The quantitative estimate of drug-likeness (QED) is 0.582. The van der Waals surface area contributed by atoms with Crippen LogP contribution in [-0.2, 0) is 11.3 Å². The first-order chi connectivity index (χ1) is 14.6. The van der Waals surface area contributed by atoms with E-state index in [1.807, 2.05) is 24.3 Å². The molecular weight excluding hydrogens is 386 g/mol. The molecule has 0 aliphatic carbocycles. The molecular formula is C22H23N3O5. The van der Waals surface area contributed by atoms with Crippen molar-refractivity contribution >= 4 is 5.91 Å². The summed E-state index contributed by atoms with van der Waals surface area (Å²) in [5, 5.41) is 7.09. The van der Waals surface area contributed by atoms with Crippen LogP contribution in [0.15, 0.2) is 65.5 Å². The van der Waals surface area contributed by atoms with Gasteiger partial charge in [-0.1, -0.05) is 0 Å². The normalized spacial score (nSPS) is 10.3. The van der Waals surface area contributed by atoms with Gasteiger partial charge in [-0.05, 0) is 54.6 Å². The third kappa shape index (κ3) is 5.60. The maximum absolute atomic E-state index is 12.1. The van der Waals surface area contributed by atoms with Crippen molar-refractivity contribution in [2.24, 2.45) is 0 Å². The number of aromatic nitrogens is 2. The van der Waals surface area contributed by atoms with E-state index in [1.165, 1.54) is 10.7 Å². The Bertz CT molecular complexity index is 1030. The summed E-state index contributed by atoms with van der Waals surface area (Å²) in [5.41, 5.74) is 1.28. The van der Waals surface area contributed by atoms with Crippen LogP contribution in [0.25, 0.3) is 11.3 Å². The molecule has 1 aromatic heterocycles. The van der Waals surface area contributed by atoms with E-state index in [9.17, 15) is 9.59 Å². The summed E-state index contributed by atoms with van der Waals surface area (Å²) in [6.07, 6.45) is 0. The highest BCUT2D eigenvalue weighted by Crippen LogP contribution is 2.19. The van der Waals surface area contributed by atoms with E-state index in [2.05, 4.69) is 10.4 Å². The van der Waals surface area contributed by atoms with Crippen LogP contribution in [-0.4, -0.2) is 43.1 Å². The maximum Gasteiger partial charge on any atom is 0.266 e. The molecule has 0 fully saturated rings. The minimum absolute atomic E-state index is 0.124. The number of benzene rings is 2. The highest BCUT2D eigenvalue weighted by molar-refractivity contribution is 5.77. The van der Waals surface area contributed by atoms with Crippen molar-refractivity contribution in [3.63, 3.8) is 0 Å². The van der Waals surface area contributed by atoms with Crippen molar-refractivity contribution in [2.45, 2.75) is 6.54 Å². The number of carbonyl (C=O) groups excluding carboxylic acids is 1. The van der Waals surface area contributed by atoms with Crippen molar-refractivity contribution in [1.82, 2.24) is 15.1 Å². The van der Waals surface area contributed by atoms with Gasteiger partial charge in [0.05, 0.1) is 26.5 Å². The molecule has 8 nitrogen and oxygen atoms in total. The second-order valence-electron chi connectivity index (χ2n) is 6.32. The standard InChI is InChI=1S/C22H23N3O5/c1-28-17-5-3-16(4-6-17)20-11-12-22(27)25(24-20)14-13-23-21(26)15-30-19-9-7-18(29-2)8-10-19/h3-12H,13-15H2,1-2H3,(H,23,26). The van der Waals surface area contributed by atoms with Crippen LogP contribution in [0.2, 0.25) is 0 Å². The smallest absolute Gasteiger partial charge is 0.266 e. The first-order valence-corrected chi connectivity index (χ1v) is 9.35. The molecule has 1 amide bonds. The average molecular weight is 409 g/mol. The average Bonchev–Trinajstić information content (AvgIpc) is 2.79. The summed E-state index contributed by atoms with van der Waals surface area (Å²) in [4.78, 5) is 24.1. The summed E-state index contributed by atoms with van der Waals surface area (Å²) in [5.74, 6) is 1.73. The molecule has 0 bridgehead atoms. The number of methoxy groups -OCH3 is 2. The summed E-state index contributed by atoms with van der Waals surface area (Å²) in [6, 6.07) is 17.5. The van der Waals surface area contributed by atoms with E-state index in [0.717, 1.165) is 11.3 Å². The molecule has 1 N–H and O–H groups in total. The predicted octanol–water partition coefficient (Wildman–Crippen LogP) is 2.12. The fourth-order valence-electron chi connectivity index (χ4n) is 2.70. The summed E-state index contributed by atoms with van der Waals surface area (Å²) >= 11 is 0. The van der Waals surface area contributed by atoms with Gasteiger partial charge in [-0.15, -0.1) is 0 Å². The SMILES string of the molecule is COc1ccc(OCC(=O)NCCn2nc(-c3ccc(OC)cc3)ccc2=O)cc1. The summed E-state index contributed by atoms with van der Waals surface area (Å²) in [7, 11) is 3.18. The van der Waals surface area contributed by atoms with Crippen molar-refractivity contribution in [3.8, 4) is 28.5 Å².